The van der Waals surface area contributed by atoms with Crippen molar-refractivity contribution in [2.24, 2.45) is 4.99 Å². The highest BCUT2D eigenvalue weighted by Gasteiger charge is 2.34. The molecule has 7 nitrogen and oxygen atoms in total. The fraction of sp³-hybridized carbons (Fsp3) is 0.458. The van der Waals surface area contributed by atoms with Crippen LogP contribution < -0.4 is 24.8 Å². The standard InChI is InChI=1S/C24H33N3O4/c1-25-23(26-16-18-14-20(28-2)22(30-4)21(15-18)29-3)27-17-24(10-12-31-13-11-24)19-8-6-5-7-9-19/h5-9,14-15H,10-13,16-17H2,1-4H3,(H2,25,26,27). The average Bonchev–Trinajstić information content (AvgIpc) is 2.84. The van der Waals surface area contributed by atoms with Crippen molar-refractivity contribution in [3.05, 3.63) is 53.6 Å². The van der Waals surface area contributed by atoms with Gasteiger partial charge in [-0.15, -0.1) is 0 Å². The Morgan fingerprint density at radius 3 is 2.16 bits per heavy atom. The molecule has 0 radical (unpaired) electrons. The quantitative estimate of drug-likeness (QED) is 0.498. The number of benzene rings is 2. The largest absolute Gasteiger partial charge is 0.493 e. The topological polar surface area (TPSA) is 73.3 Å². The van der Waals surface area contributed by atoms with Gasteiger partial charge in [-0.1, -0.05) is 30.3 Å². The van der Waals surface area contributed by atoms with Crippen molar-refractivity contribution < 1.29 is 18.9 Å². The summed E-state index contributed by atoms with van der Waals surface area (Å²) in [6.45, 7) is 2.90. The van der Waals surface area contributed by atoms with Crippen molar-refractivity contribution in [3.8, 4) is 17.2 Å². The summed E-state index contributed by atoms with van der Waals surface area (Å²) in [5.74, 6) is 2.59. The zero-order chi connectivity index (χ0) is 22.1. The van der Waals surface area contributed by atoms with Crippen LogP contribution in [0.15, 0.2) is 47.5 Å². The zero-order valence-electron chi connectivity index (χ0n) is 18.9. The number of rotatable bonds is 8. The Kier molecular flexibility index (Phi) is 8.00. The highest BCUT2D eigenvalue weighted by molar-refractivity contribution is 5.79. The number of nitrogens with zero attached hydrogens (tertiary/aromatic N) is 1. The third-order valence-electron chi connectivity index (χ3n) is 5.84. The molecule has 7 heteroatoms. The smallest absolute Gasteiger partial charge is 0.203 e. The van der Waals surface area contributed by atoms with Crippen molar-refractivity contribution in [1.82, 2.24) is 10.6 Å². The lowest BCUT2D eigenvalue weighted by Crippen LogP contribution is -2.47. The molecule has 2 aromatic carbocycles. The molecular formula is C24H33N3O4. The monoisotopic (exact) mass is 427 g/mol. The summed E-state index contributed by atoms with van der Waals surface area (Å²) in [5, 5.41) is 6.91. The molecule has 1 heterocycles. The van der Waals surface area contributed by atoms with Gasteiger partial charge in [-0.3, -0.25) is 4.99 Å². The van der Waals surface area contributed by atoms with Crippen LogP contribution in [0.5, 0.6) is 17.2 Å². The van der Waals surface area contributed by atoms with Gasteiger partial charge in [0, 0.05) is 38.8 Å². The van der Waals surface area contributed by atoms with E-state index in [0.29, 0.717) is 23.8 Å². The molecule has 1 saturated heterocycles. The van der Waals surface area contributed by atoms with Gasteiger partial charge in [0.2, 0.25) is 5.75 Å². The number of methoxy groups -OCH3 is 3. The first kappa shape index (κ1) is 22.7. The van der Waals surface area contributed by atoms with Gasteiger partial charge in [-0.2, -0.15) is 0 Å². The zero-order valence-corrected chi connectivity index (χ0v) is 18.9. The molecule has 2 aromatic rings. The van der Waals surface area contributed by atoms with Crippen LogP contribution >= 0.6 is 0 Å². The Bertz CT molecular complexity index is 839. The molecule has 1 aliphatic heterocycles. The van der Waals surface area contributed by atoms with Crippen LogP contribution in [0.3, 0.4) is 0 Å². The van der Waals surface area contributed by atoms with E-state index in [-0.39, 0.29) is 5.41 Å². The summed E-state index contributed by atoms with van der Waals surface area (Å²) in [7, 11) is 6.62. The predicted octanol–water partition coefficient (Wildman–Crippen LogP) is 3.13. The summed E-state index contributed by atoms with van der Waals surface area (Å²) in [5.41, 5.74) is 2.37. The van der Waals surface area contributed by atoms with Gasteiger partial charge in [0.15, 0.2) is 17.5 Å². The highest BCUT2D eigenvalue weighted by Crippen LogP contribution is 2.38. The second-order valence-electron chi connectivity index (χ2n) is 7.57. The Morgan fingerprint density at radius 2 is 1.61 bits per heavy atom. The highest BCUT2D eigenvalue weighted by atomic mass is 16.5. The van der Waals surface area contributed by atoms with Gasteiger partial charge < -0.3 is 29.6 Å². The minimum Gasteiger partial charge on any atom is -0.493 e. The lowest BCUT2D eigenvalue weighted by molar-refractivity contribution is 0.0514. The van der Waals surface area contributed by atoms with Gasteiger partial charge >= 0.3 is 0 Å². The van der Waals surface area contributed by atoms with E-state index in [0.717, 1.165) is 44.1 Å². The van der Waals surface area contributed by atoms with E-state index in [9.17, 15) is 0 Å². The molecule has 0 bridgehead atoms. The Balaban J connectivity index is 1.68. The molecule has 0 saturated carbocycles. The molecule has 0 aromatic heterocycles. The van der Waals surface area contributed by atoms with Crippen LogP contribution in [0.2, 0.25) is 0 Å². The number of guanidine groups is 1. The van der Waals surface area contributed by atoms with Crippen LogP contribution in [-0.4, -0.2) is 54.1 Å². The predicted molar refractivity (Wildman–Crippen MR) is 122 cm³/mol. The maximum Gasteiger partial charge on any atom is 0.203 e. The fourth-order valence-corrected chi connectivity index (χ4v) is 4.02. The third kappa shape index (κ3) is 5.41. The van der Waals surface area contributed by atoms with E-state index in [2.05, 4.69) is 46.0 Å². The molecule has 1 fully saturated rings. The van der Waals surface area contributed by atoms with E-state index in [1.165, 1.54) is 5.56 Å². The molecular weight excluding hydrogens is 394 g/mol. The second kappa shape index (κ2) is 10.9. The SMILES string of the molecule is CN=C(NCc1cc(OC)c(OC)c(OC)c1)NCC1(c2ccccc2)CCOCC1. The second-order valence-corrected chi connectivity index (χ2v) is 7.57. The van der Waals surface area contributed by atoms with Crippen molar-refractivity contribution in [3.63, 3.8) is 0 Å². The van der Waals surface area contributed by atoms with E-state index >= 15 is 0 Å². The number of hydrogen-bond acceptors (Lipinski definition) is 5. The van der Waals surface area contributed by atoms with Gasteiger partial charge in [0.1, 0.15) is 0 Å². The third-order valence-corrected chi connectivity index (χ3v) is 5.84. The minimum absolute atomic E-state index is 0.0314. The van der Waals surface area contributed by atoms with Crippen molar-refractivity contribution in [2.75, 3.05) is 48.1 Å². The van der Waals surface area contributed by atoms with Gasteiger partial charge in [0.25, 0.3) is 0 Å². The van der Waals surface area contributed by atoms with Crippen molar-refractivity contribution in [2.45, 2.75) is 24.8 Å². The Morgan fingerprint density at radius 1 is 0.968 bits per heavy atom. The van der Waals surface area contributed by atoms with E-state index in [4.69, 9.17) is 18.9 Å². The Hall–Kier alpha value is -2.93. The summed E-state index contributed by atoms with van der Waals surface area (Å²) < 4.78 is 21.9. The minimum atomic E-state index is 0.0314. The molecule has 0 amide bonds. The molecule has 3 rings (SSSR count). The summed E-state index contributed by atoms with van der Waals surface area (Å²) in [6, 6.07) is 14.5. The maximum absolute atomic E-state index is 5.64. The lowest BCUT2D eigenvalue weighted by atomic mass is 9.74. The van der Waals surface area contributed by atoms with Crippen LogP contribution in [-0.2, 0) is 16.7 Å². The van der Waals surface area contributed by atoms with Crippen molar-refractivity contribution >= 4 is 5.96 Å². The van der Waals surface area contributed by atoms with Gasteiger partial charge in [-0.25, -0.2) is 0 Å². The first-order valence-corrected chi connectivity index (χ1v) is 10.5. The fourth-order valence-electron chi connectivity index (χ4n) is 4.02. The Labute approximate surface area is 184 Å². The van der Waals surface area contributed by atoms with Gasteiger partial charge in [0.05, 0.1) is 21.3 Å². The van der Waals surface area contributed by atoms with E-state index in [1.54, 1.807) is 28.4 Å². The molecule has 2 N–H and O–H groups in total. The lowest BCUT2D eigenvalue weighted by Gasteiger charge is -2.38. The molecule has 1 aliphatic rings. The van der Waals surface area contributed by atoms with Crippen LogP contribution in [0, 0.1) is 0 Å². The van der Waals surface area contributed by atoms with E-state index in [1.807, 2.05) is 12.1 Å². The number of hydrogen-bond donors (Lipinski definition) is 2. The molecule has 0 atom stereocenters. The number of aliphatic imine (C=N–C) groups is 1. The summed E-state index contributed by atoms with van der Waals surface area (Å²) >= 11 is 0. The average molecular weight is 428 g/mol. The molecule has 31 heavy (non-hydrogen) atoms. The maximum atomic E-state index is 5.64. The summed E-state index contributed by atoms with van der Waals surface area (Å²) in [4.78, 5) is 4.41. The first-order chi connectivity index (χ1) is 15.2. The number of nitrogens with one attached hydrogen (secondary N) is 2. The molecule has 0 unspecified atom stereocenters. The molecule has 168 valence electrons. The van der Waals surface area contributed by atoms with Gasteiger partial charge in [-0.05, 0) is 36.1 Å². The molecule has 0 spiro atoms. The molecule has 0 aliphatic carbocycles. The first-order valence-electron chi connectivity index (χ1n) is 10.5. The van der Waals surface area contributed by atoms with Crippen LogP contribution in [0.25, 0.3) is 0 Å². The van der Waals surface area contributed by atoms with E-state index < -0.39 is 0 Å². The summed E-state index contributed by atoms with van der Waals surface area (Å²) in [6.07, 6.45) is 1.96. The van der Waals surface area contributed by atoms with Crippen LogP contribution in [0.4, 0.5) is 0 Å². The normalized spacial score (nSPS) is 15.8. The number of ether oxygens (including phenoxy) is 4. The van der Waals surface area contributed by atoms with Crippen LogP contribution in [0.1, 0.15) is 24.0 Å². The van der Waals surface area contributed by atoms with Crippen molar-refractivity contribution in [1.29, 1.82) is 0 Å².